The maximum Gasteiger partial charge on any atom is 0.331 e. The number of nitrogens with zero attached hydrogens (tertiary/aromatic N) is 1. The summed E-state index contributed by atoms with van der Waals surface area (Å²) >= 11 is 0. The Morgan fingerprint density at radius 2 is 1.47 bits per heavy atom. The minimum Gasteiger partial charge on any atom is -1.00 e. The molecule has 1 N–H and O–H groups in total. The van der Waals surface area contributed by atoms with Crippen molar-refractivity contribution in [2.24, 2.45) is 0 Å². The third-order valence-electron chi connectivity index (χ3n) is 4.22. The Labute approximate surface area is 193 Å². The van der Waals surface area contributed by atoms with Crippen LogP contribution >= 0.6 is 7.60 Å². The van der Waals surface area contributed by atoms with E-state index in [9.17, 15) is 13.0 Å². The van der Waals surface area contributed by atoms with Gasteiger partial charge >= 0.3 is 7.60 Å². The van der Waals surface area contributed by atoms with Crippen molar-refractivity contribution in [1.29, 1.82) is 0 Å². The molecule has 0 bridgehead atoms. The molecule has 7 nitrogen and oxygen atoms in total. The maximum absolute atomic E-state index is 12.9. The predicted molar refractivity (Wildman–Crippen MR) is 118 cm³/mol. The highest BCUT2D eigenvalue weighted by atomic mass is 79.9. The first-order valence-electron chi connectivity index (χ1n) is 10.2. The van der Waals surface area contributed by atoms with Crippen LogP contribution in [-0.2, 0) is 23.6 Å². The Bertz CT molecular complexity index is 744. The first-order chi connectivity index (χ1) is 13.4. The zero-order chi connectivity index (χ0) is 22.1. The van der Waals surface area contributed by atoms with Crippen molar-refractivity contribution in [2.45, 2.75) is 57.6 Å². The molecule has 30 heavy (non-hydrogen) atoms. The molecule has 10 heteroatoms. The minimum absolute atomic E-state index is 0. The summed E-state index contributed by atoms with van der Waals surface area (Å²) in [5.41, 5.74) is 0. The van der Waals surface area contributed by atoms with Gasteiger partial charge in [0.1, 0.15) is 0 Å². The number of sulfonamides is 1. The minimum atomic E-state index is -3.46. The number of rotatable bonds is 14. The molecule has 0 aliphatic carbocycles. The highest BCUT2D eigenvalue weighted by molar-refractivity contribution is 7.89. The molecule has 0 aromatic heterocycles. The van der Waals surface area contributed by atoms with E-state index in [-0.39, 0.29) is 34.1 Å². The SMILES string of the molecule is CC(C)OP(=O)(CCC[N+](C)(C)CCCNS(=O)(=O)c1ccccc1)OC(C)C.[Br-]. The summed E-state index contributed by atoms with van der Waals surface area (Å²) in [6, 6.07) is 8.37. The van der Waals surface area contributed by atoms with Crippen LogP contribution < -0.4 is 21.7 Å². The summed E-state index contributed by atoms with van der Waals surface area (Å²) in [6.07, 6.45) is 1.49. The Kier molecular flexibility index (Phi) is 13.2. The van der Waals surface area contributed by atoms with E-state index in [0.29, 0.717) is 30.0 Å². The Morgan fingerprint density at radius 1 is 0.967 bits per heavy atom. The largest absolute Gasteiger partial charge is 1.00 e. The van der Waals surface area contributed by atoms with Crippen molar-refractivity contribution in [3.05, 3.63) is 30.3 Å². The molecule has 0 amide bonds. The van der Waals surface area contributed by atoms with Gasteiger partial charge in [-0.25, -0.2) is 13.1 Å². The highest BCUT2D eigenvalue weighted by Crippen LogP contribution is 2.51. The number of quaternary nitrogens is 1. The molecule has 0 unspecified atom stereocenters. The number of halogens is 1. The van der Waals surface area contributed by atoms with Crippen LogP contribution in [0.25, 0.3) is 0 Å². The van der Waals surface area contributed by atoms with Crippen LogP contribution in [0.1, 0.15) is 40.5 Å². The van der Waals surface area contributed by atoms with Crippen molar-refractivity contribution in [2.75, 3.05) is 39.9 Å². The first kappa shape index (κ1) is 29.7. The summed E-state index contributed by atoms with van der Waals surface area (Å²) in [5, 5.41) is 0. The van der Waals surface area contributed by atoms with Crippen molar-refractivity contribution >= 4 is 17.6 Å². The average molecular weight is 529 g/mol. The van der Waals surface area contributed by atoms with Gasteiger partial charge in [-0.3, -0.25) is 4.57 Å². The van der Waals surface area contributed by atoms with Gasteiger partial charge < -0.3 is 30.5 Å². The van der Waals surface area contributed by atoms with E-state index in [1.807, 2.05) is 27.7 Å². The second-order valence-corrected chi connectivity index (χ2v) is 12.3. The van der Waals surface area contributed by atoms with Gasteiger partial charge in [0.05, 0.1) is 50.5 Å². The number of nitrogens with one attached hydrogen (secondary N) is 1. The second-order valence-electron chi connectivity index (χ2n) is 8.44. The Balaban J connectivity index is 0.00000841. The molecule has 0 saturated carbocycles. The number of hydrogen-bond donors (Lipinski definition) is 1. The van der Waals surface area contributed by atoms with Crippen LogP contribution in [0.3, 0.4) is 0 Å². The van der Waals surface area contributed by atoms with Crippen LogP contribution in [-0.4, -0.2) is 65.0 Å². The number of benzene rings is 1. The summed E-state index contributed by atoms with van der Waals surface area (Å²) in [6.45, 7) is 9.40. The molecule has 0 spiro atoms. The van der Waals surface area contributed by atoms with E-state index >= 15 is 0 Å². The molecular weight excluding hydrogens is 491 g/mol. The molecule has 1 rings (SSSR count). The smallest absolute Gasteiger partial charge is 0.331 e. The van der Waals surface area contributed by atoms with Gasteiger partial charge in [0, 0.05) is 19.4 Å². The quantitative estimate of drug-likeness (QED) is 0.220. The van der Waals surface area contributed by atoms with Crippen LogP contribution in [0.5, 0.6) is 0 Å². The van der Waals surface area contributed by atoms with Crippen LogP contribution in [0, 0.1) is 0 Å². The van der Waals surface area contributed by atoms with Crippen molar-refractivity contribution < 1.29 is 43.5 Å². The van der Waals surface area contributed by atoms with E-state index in [2.05, 4.69) is 18.8 Å². The molecule has 0 heterocycles. The maximum atomic E-state index is 12.9. The van der Waals surface area contributed by atoms with Gasteiger partial charge in [-0.1, -0.05) is 18.2 Å². The van der Waals surface area contributed by atoms with Gasteiger partial charge in [-0.2, -0.15) is 0 Å². The lowest BCUT2D eigenvalue weighted by Crippen LogP contribution is -3.00. The molecule has 0 radical (unpaired) electrons. The summed E-state index contributed by atoms with van der Waals surface area (Å²) in [4.78, 5) is 0.278. The fourth-order valence-corrected chi connectivity index (χ4v) is 6.14. The molecule has 0 saturated heterocycles. The fourth-order valence-electron chi connectivity index (χ4n) is 2.97. The van der Waals surface area contributed by atoms with E-state index in [1.165, 1.54) is 0 Å². The zero-order valence-corrected chi connectivity index (χ0v) is 22.3. The Morgan fingerprint density at radius 3 is 1.97 bits per heavy atom. The van der Waals surface area contributed by atoms with Gasteiger partial charge in [-0.15, -0.1) is 0 Å². The van der Waals surface area contributed by atoms with Crippen LogP contribution in [0.4, 0.5) is 0 Å². The molecule has 0 aliphatic heterocycles. The van der Waals surface area contributed by atoms with E-state index in [1.54, 1.807) is 30.3 Å². The topological polar surface area (TPSA) is 81.7 Å². The molecule has 1 aromatic carbocycles. The molecule has 0 atom stereocenters. The van der Waals surface area contributed by atoms with Gasteiger partial charge in [0.2, 0.25) is 10.0 Å². The normalized spacial score (nSPS) is 12.9. The van der Waals surface area contributed by atoms with E-state index < -0.39 is 17.6 Å². The third-order valence-corrected chi connectivity index (χ3v) is 8.05. The van der Waals surface area contributed by atoms with Crippen LogP contribution in [0.2, 0.25) is 0 Å². The summed E-state index contributed by atoms with van der Waals surface area (Å²) in [7, 11) is -2.40. The van der Waals surface area contributed by atoms with Crippen molar-refractivity contribution in [3.63, 3.8) is 0 Å². The third kappa shape index (κ3) is 11.9. The summed E-state index contributed by atoms with van der Waals surface area (Å²) < 4.78 is 51.9. The van der Waals surface area contributed by atoms with Crippen LogP contribution in [0.15, 0.2) is 35.2 Å². The van der Waals surface area contributed by atoms with Gasteiger partial charge in [0.25, 0.3) is 0 Å². The van der Waals surface area contributed by atoms with E-state index in [0.717, 1.165) is 13.1 Å². The lowest BCUT2D eigenvalue weighted by atomic mass is 10.3. The number of hydrogen-bond acceptors (Lipinski definition) is 5. The lowest BCUT2D eigenvalue weighted by molar-refractivity contribution is -0.890. The Hall–Kier alpha value is -0.280. The molecule has 0 aliphatic rings. The average Bonchev–Trinajstić information content (AvgIpc) is 2.58. The fraction of sp³-hybridized carbons (Fsp3) is 0.700. The lowest BCUT2D eigenvalue weighted by Gasteiger charge is -2.31. The van der Waals surface area contributed by atoms with Crippen molar-refractivity contribution in [1.82, 2.24) is 4.72 Å². The molecule has 176 valence electrons. The molecular formula is C20H38BrN2O5PS. The predicted octanol–water partition coefficient (Wildman–Crippen LogP) is 0.869. The summed E-state index contributed by atoms with van der Waals surface area (Å²) in [5.74, 6) is 0. The van der Waals surface area contributed by atoms with E-state index in [4.69, 9.17) is 9.05 Å². The first-order valence-corrected chi connectivity index (χ1v) is 13.4. The highest BCUT2D eigenvalue weighted by Gasteiger charge is 2.28. The molecule has 0 fully saturated rings. The monoisotopic (exact) mass is 528 g/mol. The molecule has 1 aromatic rings. The second kappa shape index (κ2) is 13.3. The van der Waals surface area contributed by atoms with Crippen molar-refractivity contribution in [3.8, 4) is 0 Å². The standard InChI is InChI=1S/C20H38N2O5PS.BrH/c1-18(2)26-28(23,27-19(3)4)17-11-16-22(5,6)15-10-14-21-29(24,25)20-12-8-7-9-13-20;/h7-9,12-13,18-19,21H,10-11,14-17H2,1-6H3;1H/q+1;/p-1. The van der Waals surface area contributed by atoms with Gasteiger partial charge in [-0.05, 0) is 39.8 Å². The van der Waals surface area contributed by atoms with Gasteiger partial charge in [0.15, 0.2) is 0 Å². The zero-order valence-electron chi connectivity index (χ0n) is 19.0.